The first-order valence-corrected chi connectivity index (χ1v) is 7.67. The van der Waals surface area contributed by atoms with E-state index in [0.717, 1.165) is 34.5 Å². The zero-order valence-electron chi connectivity index (χ0n) is 12.1. The van der Waals surface area contributed by atoms with Gasteiger partial charge in [0.1, 0.15) is 0 Å². The summed E-state index contributed by atoms with van der Waals surface area (Å²) >= 11 is 3.39. The van der Waals surface area contributed by atoms with Crippen LogP contribution < -0.4 is 10.6 Å². The molecule has 2 N–H and O–H groups in total. The van der Waals surface area contributed by atoms with Gasteiger partial charge in [-0.2, -0.15) is 0 Å². The molecule has 0 bridgehead atoms. The van der Waals surface area contributed by atoms with Gasteiger partial charge in [0.05, 0.1) is 11.3 Å². The van der Waals surface area contributed by atoms with Crippen molar-refractivity contribution >= 4 is 33.2 Å². The molecule has 0 saturated carbocycles. The fourth-order valence-corrected chi connectivity index (χ4v) is 2.31. The molecule has 0 saturated heterocycles. The first-order valence-electron chi connectivity index (χ1n) is 6.87. The molecule has 0 radical (unpaired) electrons. The van der Waals surface area contributed by atoms with Crippen molar-refractivity contribution in [2.24, 2.45) is 0 Å². The predicted molar refractivity (Wildman–Crippen MR) is 89.8 cm³/mol. The van der Waals surface area contributed by atoms with Gasteiger partial charge in [-0.3, -0.25) is 9.78 Å². The van der Waals surface area contributed by atoms with Gasteiger partial charge in [-0.1, -0.05) is 28.9 Å². The average Bonchev–Trinajstić information content (AvgIpc) is 2.45. The number of nitrogens with zero attached hydrogens (tertiary/aromatic N) is 1. The van der Waals surface area contributed by atoms with Gasteiger partial charge >= 0.3 is 0 Å². The van der Waals surface area contributed by atoms with E-state index in [1.54, 1.807) is 6.20 Å². The molecule has 21 heavy (non-hydrogen) atoms. The minimum Gasteiger partial charge on any atom is -0.384 e. The zero-order valence-corrected chi connectivity index (χ0v) is 13.7. The van der Waals surface area contributed by atoms with Gasteiger partial charge in [0.15, 0.2) is 0 Å². The molecule has 1 amide bonds. The number of aryl methyl sites for hydroxylation is 1. The Morgan fingerprint density at radius 2 is 2.14 bits per heavy atom. The molecule has 2 aromatic rings. The molecule has 0 fully saturated rings. The number of carbonyl (C=O) groups is 1. The van der Waals surface area contributed by atoms with Crippen LogP contribution in [0, 0.1) is 6.92 Å². The molecule has 0 aliphatic heterocycles. The van der Waals surface area contributed by atoms with Crippen LogP contribution in [0.5, 0.6) is 0 Å². The van der Waals surface area contributed by atoms with Crippen molar-refractivity contribution < 1.29 is 4.79 Å². The van der Waals surface area contributed by atoms with Gasteiger partial charge in [-0.05, 0) is 37.6 Å². The third kappa shape index (κ3) is 4.29. The molecule has 2 rings (SSSR count). The molecule has 5 heteroatoms. The topological polar surface area (TPSA) is 54.0 Å². The van der Waals surface area contributed by atoms with Gasteiger partial charge in [-0.25, -0.2) is 0 Å². The summed E-state index contributed by atoms with van der Waals surface area (Å²) in [6.07, 6.45) is 2.61. The van der Waals surface area contributed by atoms with Gasteiger partial charge in [0, 0.05) is 28.6 Å². The summed E-state index contributed by atoms with van der Waals surface area (Å²) in [7, 11) is 0. The summed E-state index contributed by atoms with van der Waals surface area (Å²) in [5.74, 6) is -0.167. The summed E-state index contributed by atoms with van der Waals surface area (Å²) in [6.45, 7) is 4.82. The maximum Gasteiger partial charge on any atom is 0.259 e. The Labute approximate surface area is 133 Å². The number of rotatable bonds is 5. The monoisotopic (exact) mass is 347 g/mol. The lowest BCUT2D eigenvalue weighted by Crippen LogP contribution is -2.16. The largest absolute Gasteiger partial charge is 0.384 e. The molecule has 0 unspecified atom stereocenters. The molecule has 110 valence electrons. The summed E-state index contributed by atoms with van der Waals surface area (Å²) < 4.78 is 0.923. The summed E-state index contributed by atoms with van der Waals surface area (Å²) in [5, 5.41) is 6.16. The number of carbonyl (C=O) groups excluding carboxylic acids is 1. The van der Waals surface area contributed by atoms with Crippen LogP contribution in [-0.4, -0.2) is 17.4 Å². The van der Waals surface area contributed by atoms with Crippen molar-refractivity contribution in [1.82, 2.24) is 4.98 Å². The maximum absolute atomic E-state index is 12.4. The Morgan fingerprint density at radius 1 is 1.33 bits per heavy atom. The van der Waals surface area contributed by atoms with E-state index in [1.807, 2.05) is 37.3 Å². The number of hydrogen-bond donors (Lipinski definition) is 2. The first-order chi connectivity index (χ1) is 10.1. The van der Waals surface area contributed by atoms with Gasteiger partial charge in [0.2, 0.25) is 0 Å². The highest BCUT2D eigenvalue weighted by Gasteiger charge is 2.12. The van der Waals surface area contributed by atoms with Crippen LogP contribution in [0.15, 0.2) is 41.0 Å². The minimum atomic E-state index is -0.167. The highest BCUT2D eigenvalue weighted by molar-refractivity contribution is 9.10. The number of hydrogen-bond acceptors (Lipinski definition) is 3. The Kier molecular flexibility index (Phi) is 5.33. The first kappa shape index (κ1) is 15.5. The smallest absolute Gasteiger partial charge is 0.259 e. The normalized spacial score (nSPS) is 10.2. The number of amides is 1. The van der Waals surface area contributed by atoms with Crippen LogP contribution in [0.25, 0.3) is 0 Å². The van der Waals surface area contributed by atoms with Crippen molar-refractivity contribution in [3.63, 3.8) is 0 Å². The van der Waals surface area contributed by atoms with E-state index >= 15 is 0 Å². The number of nitrogens with one attached hydrogen (secondary N) is 2. The molecule has 1 aromatic heterocycles. The van der Waals surface area contributed by atoms with Crippen LogP contribution in [-0.2, 0) is 0 Å². The van der Waals surface area contributed by atoms with Crippen molar-refractivity contribution in [1.29, 1.82) is 0 Å². The van der Waals surface area contributed by atoms with Crippen molar-refractivity contribution in [2.75, 3.05) is 17.2 Å². The predicted octanol–water partition coefficient (Wildman–Crippen LogP) is 4.23. The van der Waals surface area contributed by atoms with Crippen LogP contribution in [0.1, 0.15) is 29.4 Å². The Balaban J connectivity index is 2.22. The molecule has 0 aliphatic rings. The van der Waals surface area contributed by atoms with Crippen LogP contribution in [0.3, 0.4) is 0 Å². The number of pyridine rings is 1. The summed E-state index contributed by atoms with van der Waals surface area (Å²) in [5.41, 5.74) is 3.00. The molecule has 1 heterocycles. The van der Waals surface area contributed by atoms with E-state index in [2.05, 4.69) is 38.5 Å². The molecular formula is C16H18BrN3O. The second-order valence-electron chi connectivity index (χ2n) is 4.76. The van der Waals surface area contributed by atoms with E-state index in [4.69, 9.17) is 0 Å². The lowest BCUT2D eigenvalue weighted by atomic mass is 10.2. The molecular weight excluding hydrogens is 330 g/mol. The van der Waals surface area contributed by atoms with Crippen molar-refractivity contribution in [3.05, 3.63) is 52.3 Å². The highest BCUT2D eigenvalue weighted by Crippen LogP contribution is 2.20. The second-order valence-corrected chi connectivity index (χ2v) is 5.68. The standard InChI is InChI=1S/C16H18BrN3O/c1-3-7-18-15-8-11(2)19-10-14(15)16(21)20-13-6-4-5-12(17)9-13/h4-6,8-10H,3,7H2,1-2H3,(H,18,19)(H,20,21). The van der Waals surface area contributed by atoms with E-state index in [1.165, 1.54) is 0 Å². The molecule has 0 spiro atoms. The molecule has 4 nitrogen and oxygen atoms in total. The van der Waals surface area contributed by atoms with Crippen LogP contribution in [0.4, 0.5) is 11.4 Å². The average molecular weight is 348 g/mol. The summed E-state index contributed by atoms with van der Waals surface area (Å²) in [6, 6.07) is 9.40. The third-order valence-corrected chi connectivity index (χ3v) is 3.43. The number of benzene rings is 1. The van der Waals surface area contributed by atoms with Crippen molar-refractivity contribution in [3.8, 4) is 0 Å². The zero-order chi connectivity index (χ0) is 15.2. The maximum atomic E-state index is 12.4. The fourth-order valence-electron chi connectivity index (χ4n) is 1.91. The third-order valence-electron chi connectivity index (χ3n) is 2.93. The van der Waals surface area contributed by atoms with Crippen molar-refractivity contribution in [2.45, 2.75) is 20.3 Å². The Bertz CT molecular complexity index is 643. The molecule has 0 atom stereocenters. The molecule has 1 aromatic carbocycles. The number of aromatic nitrogens is 1. The quantitative estimate of drug-likeness (QED) is 0.850. The lowest BCUT2D eigenvalue weighted by molar-refractivity contribution is 0.102. The van der Waals surface area contributed by atoms with Gasteiger partial charge < -0.3 is 10.6 Å². The van der Waals surface area contributed by atoms with Gasteiger partial charge in [0.25, 0.3) is 5.91 Å². The number of halogens is 1. The van der Waals surface area contributed by atoms with Crippen LogP contribution >= 0.6 is 15.9 Å². The van der Waals surface area contributed by atoms with E-state index in [9.17, 15) is 4.79 Å². The fraction of sp³-hybridized carbons (Fsp3) is 0.250. The lowest BCUT2D eigenvalue weighted by Gasteiger charge is -2.12. The SMILES string of the molecule is CCCNc1cc(C)ncc1C(=O)Nc1cccc(Br)c1. The molecule has 0 aliphatic carbocycles. The highest BCUT2D eigenvalue weighted by atomic mass is 79.9. The van der Waals surface area contributed by atoms with Crippen LogP contribution in [0.2, 0.25) is 0 Å². The second kappa shape index (κ2) is 7.22. The van der Waals surface area contributed by atoms with E-state index < -0.39 is 0 Å². The minimum absolute atomic E-state index is 0.167. The Morgan fingerprint density at radius 3 is 2.86 bits per heavy atom. The number of anilines is 2. The Hall–Kier alpha value is -1.88. The van der Waals surface area contributed by atoms with E-state index in [-0.39, 0.29) is 5.91 Å². The summed E-state index contributed by atoms with van der Waals surface area (Å²) in [4.78, 5) is 16.6. The van der Waals surface area contributed by atoms with Gasteiger partial charge in [-0.15, -0.1) is 0 Å². The van der Waals surface area contributed by atoms with E-state index in [0.29, 0.717) is 5.56 Å².